The summed E-state index contributed by atoms with van der Waals surface area (Å²) in [6.45, 7) is 1.56. The van der Waals surface area contributed by atoms with E-state index in [4.69, 9.17) is 18.9 Å². The van der Waals surface area contributed by atoms with Crippen LogP contribution in [0.4, 0.5) is 0 Å². The lowest BCUT2D eigenvalue weighted by Gasteiger charge is -2.14. The Hall–Kier alpha value is -2.40. The molecule has 0 aliphatic heterocycles. The van der Waals surface area contributed by atoms with Crippen molar-refractivity contribution in [1.82, 2.24) is 5.32 Å². The van der Waals surface area contributed by atoms with E-state index in [1.54, 1.807) is 28.4 Å². The van der Waals surface area contributed by atoms with Gasteiger partial charge in [-0.3, -0.25) is 0 Å². The molecule has 0 heterocycles. The monoisotopic (exact) mass is 331 g/mol. The van der Waals surface area contributed by atoms with Crippen LogP contribution in [0.3, 0.4) is 0 Å². The minimum Gasteiger partial charge on any atom is -0.497 e. The van der Waals surface area contributed by atoms with Gasteiger partial charge < -0.3 is 24.3 Å². The number of benzene rings is 2. The maximum atomic E-state index is 5.44. The summed E-state index contributed by atoms with van der Waals surface area (Å²) >= 11 is 0. The molecule has 2 aromatic rings. The number of ether oxygens (including phenoxy) is 4. The molecule has 0 bridgehead atoms. The molecule has 0 aliphatic rings. The van der Waals surface area contributed by atoms with Gasteiger partial charge in [0.05, 0.1) is 28.4 Å². The molecule has 0 unspecified atom stereocenters. The van der Waals surface area contributed by atoms with Crippen LogP contribution in [0.25, 0.3) is 0 Å². The van der Waals surface area contributed by atoms with Crippen molar-refractivity contribution in [3.05, 3.63) is 47.5 Å². The Balaban J connectivity index is 1.93. The highest BCUT2D eigenvalue weighted by atomic mass is 16.5. The van der Waals surface area contributed by atoms with Gasteiger partial charge in [-0.25, -0.2) is 0 Å². The molecule has 1 N–H and O–H groups in total. The van der Waals surface area contributed by atoms with Crippen molar-refractivity contribution >= 4 is 0 Å². The molecule has 2 aromatic carbocycles. The summed E-state index contributed by atoms with van der Waals surface area (Å²) in [7, 11) is 6.57. The Morgan fingerprint density at radius 3 is 1.96 bits per heavy atom. The van der Waals surface area contributed by atoms with Crippen LogP contribution in [-0.2, 0) is 13.0 Å². The molecule has 5 heteroatoms. The van der Waals surface area contributed by atoms with Crippen LogP contribution in [-0.4, -0.2) is 35.0 Å². The summed E-state index contributed by atoms with van der Waals surface area (Å²) in [6.07, 6.45) is 0.944. The van der Waals surface area contributed by atoms with Crippen molar-refractivity contribution in [1.29, 1.82) is 0 Å². The number of hydrogen-bond donors (Lipinski definition) is 1. The second-order valence-electron chi connectivity index (χ2n) is 5.29. The SMILES string of the molecule is COc1ccc(CCNCc2cc(OC)c(OC)cc2OC)cc1. The highest BCUT2D eigenvalue weighted by Crippen LogP contribution is 2.34. The summed E-state index contributed by atoms with van der Waals surface area (Å²) in [5, 5.41) is 3.43. The van der Waals surface area contributed by atoms with Crippen molar-refractivity contribution in [3.8, 4) is 23.0 Å². The van der Waals surface area contributed by atoms with Crippen molar-refractivity contribution in [2.75, 3.05) is 35.0 Å². The summed E-state index contributed by atoms with van der Waals surface area (Å²) < 4.78 is 21.3. The van der Waals surface area contributed by atoms with E-state index in [2.05, 4.69) is 17.4 Å². The Morgan fingerprint density at radius 2 is 1.38 bits per heavy atom. The van der Waals surface area contributed by atoms with Crippen molar-refractivity contribution < 1.29 is 18.9 Å². The number of nitrogens with one attached hydrogen (secondary N) is 1. The number of rotatable bonds is 9. The van der Waals surface area contributed by atoms with Crippen molar-refractivity contribution in [2.45, 2.75) is 13.0 Å². The van der Waals surface area contributed by atoms with Crippen LogP contribution in [0.15, 0.2) is 36.4 Å². The van der Waals surface area contributed by atoms with E-state index in [9.17, 15) is 0 Å². The molecule has 0 radical (unpaired) electrons. The van der Waals surface area contributed by atoms with Crippen LogP contribution in [0.1, 0.15) is 11.1 Å². The molecule has 24 heavy (non-hydrogen) atoms. The van der Waals surface area contributed by atoms with Crippen molar-refractivity contribution in [3.63, 3.8) is 0 Å². The molecule has 0 saturated carbocycles. The summed E-state index contributed by atoms with van der Waals surface area (Å²) in [5.74, 6) is 3.02. The fourth-order valence-electron chi connectivity index (χ4n) is 2.48. The lowest BCUT2D eigenvalue weighted by molar-refractivity contribution is 0.347. The Morgan fingerprint density at radius 1 is 0.750 bits per heavy atom. The van der Waals surface area contributed by atoms with Gasteiger partial charge in [0.25, 0.3) is 0 Å². The van der Waals surface area contributed by atoms with Crippen LogP contribution in [0, 0.1) is 0 Å². The van der Waals surface area contributed by atoms with Gasteiger partial charge in [-0.2, -0.15) is 0 Å². The molecule has 5 nitrogen and oxygen atoms in total. The first-order valence-corrected chi connectivity index (χ1v) is 7.84. The number of methoxy groups -OCH3 is 4. The molecule has 2 rings (SSSR count). The van der Waals surface area contributed by atoms with E-state index in [1.807, 2.05) is 24.3 Å². The fourth-order valence-corrected chi connectivity index (χ4v) is 2.48. The van der Waals surface area contributed by atoms with Gasteiger partial charge >= 0.3 is 0 Å². The summed E-state index contributed by atoms with van der Waals surface area (Å²) in [4.78, 5) is 0. The summed E-state index contributed by atoms with van der Waals surface area (Å²) in [6, 6.07) is 11.9. The van der Waals surface area contributed by atoms with Gasteiger partial charge in [0.2, 0.25) is 0 Å². The molecule has 130 valence electrons. The standard InChI is InChI=1S/C19H25NO4/c1-21-16-7-5-14(6-8-16)9-10-20-13-15-11-18(23-3)19(24-4)12-17(15)22-2/h5-8,11-12,20H,9-10,13H2,1-4H3. The quantitative estimate of drug-likeness (QED) is 0.716. The maximum absolute atomic E-state index is 5.44. The lowest BCUT2D eigenvalue weighted by atomic mass is 10.1. The van der Waals surface area contributed by atoms with Crippen LogP contribution >= 0.6 is 0 Å². The first-order chi connectivity index (χ1) is 11.7. The second-order valence-corrected chi connectivity index (χ2v) is 5.29. The topological polar surface area (TPSA) is 49.0 Å². The van der Waals surface area contributed by atoms with E-state index in [0.717, 1.165) is 30.0 Å². The van der Waals surface area contributed by atoms with E-state index in [0.29, 0.717) is 18.0 Å². The second kappa shape index (κ2) is 9.03. The van der Waals surface area contributed by atoms with E-state index < -0.39 is 0 Å². The normalized spacial score (nSPS) is 10.3. The predicted octanol–water partition coefficient (Wildman–Crippen LogP) is 3.05. The van der Waals surface area contributed by atoms with Crippen LogP contribution < -0.4 is 24.3 Å². The molecule has 0 spiro atoms. The molecule has 0 amide bonds. The third kappa shape index (κ3) is 4.55. The van der Waals surface area contributed by atoms with E-state index >= 15 is 0 Å². The van der Waals surface area contributed by atoms with Gasteiger partial charge in [-0.05, 0) is 36.7 Å². The highest BCUT2D eigenvalue weighted by molar-refractivity contribution is 5.50. The molecular weight excluding hydrogens is 306 g/mol. The Labute approximate surface area is 143 Å². The van der Waals surface area contributed by atoms with Gasteiger partial charge in [-0.15, -0.1) is 0 Å². The average molecular weight is 331 g/mol. The zero-order chi connectivity index (χ0) is 17.4. The zero-order valence-electron chi connectivity index (χ0n) is 14.7. The molecule has 0 saturated heterocycles. The van der Waals surface area contributed by atoms with Gasteiger partial charge in [-0.1, -0.05) is 12.1 Å². The van der Waals surface area contributed by atoms with E-state index in [1.165, 1.54) is 5.56 Å². The Kier molecular flexibility index (Phi) is 6.75. The van der Waals surface area contributed by atoms with Crippen LogP contribution in [0.2, 0.25) is 0 Å². The van der Waals surface area contributed by atoms with Crippen LogP contribution in [0.5, 0.6) is 23.0 Å². The van der Waals surface area contributed by atoms with E-state index in [-0.39, 0.29) is 0 Å². The summed E-state index contributed by atoms with van der Waals surface area (Å²) in [5.41, 5.74) is 2.30. The minimum atomic E-state index is 0.663. The fraction of sp³-hybridized carbons (Fsp3) is 0.368. The van der Waals surface area contributed by atoms with Gasteiger partial charge in [0.15, 0.2) is 11.5 Å². The van der Waals surface area contributed by atoms with Gasteiger partial charge in [0.1, 0.15) is 11.5 Å². The predicted molar refractivity (Wildman–Crippen MR) is 94.5 cm³/mol. The first-order valence-electron chi connectivity index (χ1n) is 7.84. The Bertz CT molecular complexity index is 641. The number of hydrogen-bond acceptors (Lipinski definition) is 5. The minimum absolute atomic E-state index is 0.663. The van der Waals surface area contributed by atoms with Crippen molar-refractivity contribution in [2.24, 2.45) is 0 Å². The largest absolute Gasteiger partial charge is 0.497 e. The lowest BCUT2D eigenvalue weighted by Crippen LogP contribution is -2.17. The molecule has 0 aromatic heterocycles. The zero-order valence-corrected chi connectivity index (χ0v) is 14.7. The molecule has 0 atom stereocenters. The molecular formula is C19H25NO4. The molecule has 0 aliphatic carbocycles. The highest BCUT2D eigenvalue weighted by Gasteiger charge is 2.11. The molecule has 0 fully saturated rings. The third-order valence-electron chi connectivity index (χ3n) is 3.85. The first kappa shape index (κ1) is 17.9. The maximum Gasteiger partial charge on any atom is 0.164 e. The third-order valence-corrected chi connectivity index (χ3v) is 3.85. The average Bonchev–Trinajstić information content (AvgIpc) is 2.65. The smallest absolute Gasteiger partial charge is 0.164 e. The van der Waals surface area contributed by atoms with Gasteiger partial charge in [0, 0.05) is 18.2 Å².